The van der Waals surface area contributed by atoms with Crippen LogP contribution < -0.4 is 4.74 Å². The number of ether oxygens (including phenoxy) is 1. The Morgan fingerprint density at radius 1 is 1.24 bits per heavy atom. The summed E-state index contributed by atoms with van der Waals surface area (Å²) in [5.41, 5.74) is 3.63. The number of phenolic OH excluding ortho intramolecular Hbond substituents is 1. The maximum atomic E-state index is 12.2. The van der Waals surface area contributed by atoms with E-state index < -0.39 is 11.1 Å². The van der Waals surface area contributed by atoms with Gasteiger partial charge in [-0.05, 0) is 61.5 Å². The molecule has 3 aliphatic carbocycles. The Morgan fingerprint density at radius 2 is 2.00 bits per heavy atom. The second-order valence-corrected chi connectivity index (χ2v) is 10.1. The lowest BCUT2D eigenvalue weighted by atomic mass is 9.45. The number of carbonyl (C=O) groups excluding carboxylic acids is 1. The topological polar surface area (TPSA) is 98.9 Å². The first kappa shape index (κ1) is 25.1. The van der Waals surface area contributed by atoms with E-state index in [1.165, 1.54) is 18.1 Å². The molecule has 1 aromatic carbocycles. The van der Waals surface area contributed by atoms with Crippen LogP contribution in [0.1, 0.15) is 89.7 Å². The van der Waals surface area contributed by atoms with Crippen molar-refractivity contribution < 1.29 is 24.6 Å². The number of aryl methyl sites for hydroxylation is 1. The highest BCUT2D eigenvalue weighted by atomic mass is 16.9. The van der Waals surface area contributed by atoms with Crippen LogP contribution in [0.3, 0.4) is 0 Å². The van der Waals surface area contributed by atoms with Crippen LogP contribution in [0.25, 0.3) is 0 Å². The van der Waals surface area contributed by atoms with Crippen molar-refractivity contribution in [3.63, 3.8) is 0 Å². The van der Waals surface area contributed by atoms with Gasteiger partial charge in [-0.2, -0.15) is 0 Å². The van der Waals surface area contributed by atoms with E-state index in [9.17, 15) is 20.0 Å². The van der Waals surface area contributed by atoms with Crippen molar-refractivity contribution in [1.29, 1.82) is 0 Å². The number of allylic oxidation sites excluding steroid dienone is 2. The van der Waals surface area contributed by atoms with Gasteiger partial charge in [0, 0.05) is 24.0 Å². The van der Waals surface area contributed by atoms with E-state index in [1.807, 2.05) is 6.07 Å². The van der Waals surface area contributed by atoms with E-state index in [0.29, 0.717) is 17.6 Å². The van der Waals surface area contributed by atoms with Gasteiger partial charge in [-0.25, -0.2) is 0 Å². The van der Waals surface area contributed by atoms with Crippen molar-refractivity contribution in [2.45, 2.75) is 85.0 Å². The molecular weight excluding hydrogens is 422 g/mol. The number of hydrogen-bond donors (Lipinski definition) is 1. The van der Waals surface area contributed by atoms with Crippen LogP contribution in [0.15, 0.2) is 23.8 Å². The summed E-state index contributed by atoms with van der Waals surface area (Å²) in [5.74, 6) is 1.27. The van der Waals surface area contributed by atoms with Crippen molar-refractivity contribution in [3.8, 4) is 11.5 Å². The van der Waals surface area contributed by atoms with Gasteiger partial charge in [-0.15, -0.1) is 10.1 Å². The lowest BCUT2D eigenvalue weighted by Gasteiger charge is -2.59. The Labute approximate surface area is 196 Å². The standard InChI is InChI=1S/C26H37NO6/c1-5-6-7-8-10-18-14-19(33-24(29)11-9-12-32-27(30)31)15-23(28)25(18)20-13-17(2)21-16-22(20)26(21,3)4/h13-15,20-22,28H,5-12,16H2,1-4H3/t20-,21-,22+/m0/s1. The molecule has 7 nitrogen and oxygen atoms in total. The quantitative estimate of drug-likeness (QED) is 0.101. The van der Waals surface area contributed by atoms with Crippen molar-refractivity contribution in [1.82, 2.24) is 0 Å². The van der Waals surface area contributed by atoms with Crippen LogP contribution in [-0.4, -0.2) is 22.8 Å². The number of esters is 1. The SMILES string of the molecule is CCCCCCc1cc(OC(=O)CCCO[N+](=O)[O-])cc(O)c1[C@H]1C=C(C)[C@@H]2C[C@H]1C2(C)C. The first-order valence-electron chi connectivity index (χ1n) is 12.2. The summed E-state index contributed by atoms with van der Waals surface area (Å²) >= 11 is 0. The third-order valence-electron chi connectivity index (χ3n) is 7.57. The molecule has 0 saturated heterocycles. The molecule has 0 aromatic heterocycles. The Balaban J connectivity index is 1.80. The van der Waals surface area contributed by atoms with Gasteiger partial charge in [-0.3, -0.25) is 4.79 Å². The predicted molar refractivity (Wildman–Crippen MR) is 126 cm³/mol. The molecule has 2 bridgehead atoms. The van der Waals surface area contributed by atoms with Crippen LogP contribution >= 0.6 is 0 Å². The molecule has 0 unspecified atom stereocenters. The summed E-state index contributed by atoms with van der Waals surface area (Å²) in [5, 5.41) is 20.4. The number of nitrogens with zero attached hydrogens (tertiary/aromatic N) is 1. The highest BCUT2D eigenvalue weighted by Crippen LogP contribution is 2.64. The number of rotatable bonds is 12. The summed E-state index contributed by atoms with van der Waals surface area (Å²) in [6.45, 7) is 8.88. The lowest BCUT2D eigenvalue weighted by molar-refractivity contribution is -0.757. The first-order valence-corrected chi connectivity index (χ1v) is 12.2. The molecule has 3 atom stereocenters. The molecule has 33 heavy (non-hydrogen) atoms. The molecule has 0 radical (unpaired) electrons. The summed E-state index contributed by atoms with van der Waals surface area (Å²) < 4.78 is 5.47. The fourth-order valence-corrected chi connectivity index (χ4v) is 5.74. The Morgan fingerprint density at radius 3 is 2.64 bits per heavy atom. The number of fused-ring (bicyclic) bond motifs is 1. The molecule has 0 amide bonds. The second-order valence-electron chi connectivity index (χ2n) is 10.1. The zero-order valence-electron chi connectivity index (χ0n) is 20.3. The van der Waals surface area contributed by atoms with Gasteiger partial charge in [0.25, 0.3) is 5.09 Å². The van der Waals surface area contributed by atoms with Crippen molar-refractivity contribution in [2.75, 3.05) is 6.61 Å². The number of hydrogen-bond acceptors (Lipinski definition) is 6. The van der Waals surface area contributed by atoms with Crippen LogP contribution in [0, 0.1) is 27.4 Å². The number of phenols is 1. The second kappa shape index (κ2) is 10.6. The number of benzene rings is 1. The van der Waals surface area contributed by atoms with Gasteiger partial charge in [0.05, 0.1) is 6.61 Å². The first-order chi connectivity index (χ1) is 15.6. The van der Waals surface area contributed by atoms with Crippen molar-refractivity contribution >= 4 is 5.97 Å². The maximum absolute atomic E-state index is 12.2. The zero-order valence-corrected chi connectivity index (χ0v) is 20.3. The largest absolute Gasteiger partial charge is 0.507 e. The Kier molecular flexibility index (Phi) is 8.03. The van der Waals surface area contributed by atoms with E-state index in [2.05, 4.69) is 38.6 Å². The van der Waals surface area contributed by atoms with Crippen LogP contribution in [0.2, 0.25) is 0 Å². The highest BCUT2D eigenvalue weighted by Gasteiger charge is 2.55. The normalized spacial score (nSPS) is 22.8. The van der Waals surface area contributed by atoms with Gasteiger partial charge in [0.1, 0.15) is 11.5 Å². The van der Waals surface area contributed by atoms with E-state index >= 15 is 0 Å². The molecule has 1 N–H and O–H groups in total. The number of unbranched alkanes of at least 4 members (excludes halogenated alkanes) is 3. The molecule has 182 valence electrons. The van der Waals surface area contributed by atoms with Crippen LogP contribution in [0.4, 0.5) is 0 Å². The van der Waals surface area contributed by atoms with Gasteiger partial charge in [0.2, 0.25) is 0 Å². The molecule has 4 rings (SSSR count). The minimum Gasteiger partial charge on any atom is -0.507 e. The maximum Gasteiger partial charge on any atom is 0.311 e. The van der Waals surface area contributed by atoms with Gasteiger partial charge in [0.15, 0.2) is 0 Å². The molecule has 1 saturated carbocycles. The fraction of sp³-hybridized carbons (Fsp3) is 0.654. The monoisotopic (exact) mass is 459 g/mol. The Hall–Kier alpha value is -2.57. The molecule has 7 heteroatoms. The third-order valence-corrected chi connectivity index (χ3v) is 7.57. The summed E-state index contributed by atoms with van der Waals surface area (Å²) in [4.78, 5) is 26.7. The fourth-order valence-electron chi connectivity index (χ4n) is 5.74. The predicted octanol–water partition coefficient (Wildman–Crippen LogP) is 6.11. The van der Waals surface area contributed by atoms with Gasteiger partial charge in [-0.1, -0.05) is 51.7 Å². The molecular formula is C26H37NO6. The third kappa shape index (κ3) is 5.68. The smallest absolute Gasteiger partial charge is 0.311 e. The minimum atomic E-state index is -0.875. The van der Waals surface area contributed by atoms with E-state index in [1.54, 1.807) is 0 Å². The lowest BCUT2D eigenvalue weighted by Crippen LogP contribution is -2.50. The van der Waals surface area contributed by atoms with Crippen molar-refractivity contribution in [3.05, 3.63) is 45.0 Å². The summed E-state index contributed by atoms with van der Waals surface area (Å²) in [7, 11) is 0. The molecule has 0 aliphatic heterocycles. The van der Waals surface area contributed by atoms with E-state index in [4.69, 9.17) is 4.74 Å². The number of carbonyl (C=O) groups is 1. The molecule has 1 fully saturated rings. The molecule has 0 spiro atoms. The Bertz CT molecular complexity index is 906. The van der Waals surface area contributed by atoms with Crippen molar-refractivity contribution in [2.24, 2.45) is 17.3 Å². The highest BCUT2D eigenvalue weighted by molar-refractivity contribution is 5.72. The van der Waals surface area contributed by atoms with E-state index in [-0.39, 0.29) is 36.5 Å². The van der Waals surface area contributed by atoms with Crippen LogP contribution in [-0.2, 0) is 16.1 Å². The van der Waals surface area contributed by atoms with Gasteiger partial charge >= 0.3 is 5.97 Å². The molecule has 3 aliphatic rings. The van der Waals surface area contributed by atoms with E-state index in [0.717, 1.165) is 43.2 Å². The average molecular weight is 460 g/mol. The molecule has 0 heterocycles. The van der Waals surface area contributed by atoms with Crippen LogP contribution in [0.5, 0.6) is 11.5 Å². The summed E-state index contributed by atoms with van der Waals surface area (Å²) in [6.07, 6.45) is 8.95. The minimum absolute atomic E-state index is 0.00436. The molecule has 1 aromatic rings. The average Bonchev–Trinajstić information content (AvgIpc) is 2.73. The number of aromatic hydroxyl groups is 1. The summed E-state index contributed by atoms with van der Waals surface area (Å²) in [6, 6.07) is 3.44. The van der Waals surface area contributed by atoms with Gasteiger partial charge < -0.3 is 14.7 Å². The zero-order chi connectivity index (χ0) is 24.2.